The molecule has 0 saturated carbocycles. The van der Waals surface area contributed by atoms with Gasteiger partial charge in [-0.25, -0.2) is 8.78 Å². The Morgan fingerprint density at radius 1 is 1.15 bits per heavy atom. The van der Waals surface area contributed by atoms with E-state index in [1.807, 2.05) is 0 Å². The van der Waals surface area contributed by atoms with Crippen LogP contribution in [0, 0.1) is 11.6 Å². The first-order chi connectivity index (χ1) is 9.63. The number of benzene rings is 2. The van der Waals surface area contributed by atoms with Gasteiger partial charge in [0.15, 0.2) is 11.6 Å². The van der Waals surface area contributed by atoms with E-state index >= 15 is 0 Å². The molecule has 0 unspecified atom stereocenters. The summed E-state index contributed by atoms with van der Waals surface area (Å²) in [4.78, 5) is 0. The van der Waals surface area contributed by atoms with E-state index in [4.69, 9.17) is 16.3 Å². The third-order valence-electron chi connectivity index (χ3n) is 2.84. The lowest BCUT2D eigenvalue weighted by Gasteiger charge is -2.13. The fourth-order valence-electron chi connectivity index (χ4n) is 1.84. The Hall–Kier alpha value is -1.65. The summed E-state index contributed by atoms with van der Waals surface area (Å²) in [6, 6.07) is 9.26. The van der Waals surface area contributed by atoms with Crippen LogP contribution in [0.15, 0.2) is 36.4 Å². The molecular weight excluding hydrogens is 284 g/mol. The van der Waals surface area contributed by atoms with Gasteiger partial charge in [-0.15, -0.1) is 0 Å². The number of halogens is 3. The number of rotatable bonds is 5. The molecule has 0 radical (unpaired) electrons. The zero-order chi connectivity index (χ0) is 14.5. The van der Waals surface area contributed by atoms with Crippen LogP contribution in [0.1, 0.15) is 11.1 Å². The van der Waals surface area contributed by atoms with Gasteiger partial charge in [-0.05, 0) is 25.2 Å². The van der Waals surface area contributed by atoms with E-state index in [2.05, 4.69) is 5.32 Å². The van der Waals surface area contributed by atoms with Gasteiger partial charge in [-0.3, -0.25) is 0 Å². The van der Waals surface area contributed by atoms with Crippen molar-refractivity contribution in [3.8, 4) is 5.75 Å². The molecule has 2 nitrogen and oxygen atoms in total. The van der Waals surface area contributed by atoms with Crippen molar-refractivity contribution in [1.82, 2.24) is 5.32 Å². The molecular formula is C15H14ClF2NO. The highest BCUT2D eigenvalue weighted by Gasteiger charge is 2.11. The minimum Gasteiger partial charge on any atom is -0.488 e. The first kappa shape index (κ1) is 14.8. The second kappa shape index (κ2) is 6.68. The van der Waals surface area contributed by atoms with Gasteiger partial charge in [-0.1, -0.05) is 29.8 Å². The van der Waals surface area contributed by atoms with Gasteiger partial charge >= 0.3 is 0 Å². The number of nitrogens with one attached hydrogen (secondary N) is 1. The molecule has 0 atom stereocenters. The largest absolute Gasteiger partial charge is 0.488 e. The smallest absolute Gasteiger partial charge is 0.165 e. The normalized spacial score (nSPS) is 10.6. The Kier molecular flexibility index (Phi) is 4.93. The van der Waals surface area contributed by atoms with Crippen molar-refractivity contribution in [2.75, 3.05) is 7.05 Å². The second-order valence-electron chi connectivity index (χ2n) is 4.25. The molecule has 106 valence electrons. The van der Waals surface area contributed by atoms with E-state index < -0.39 is 11.6 Å². The highest BCUT2D eigenvalue weighted by Crippen LogP contribution is 2.27. The lowest BCUT2D eigenvalue weighted by atomic mass is 10.2. The van der Waals surface area contributed by atoms with Crippen molar-refractivity contribution >= 4 is 11.6 Å². The SMILES string of the molecule is CNCc1c(Cl)cccc1OCc1cccc(F)c1F. The molecule has 0 aromatic heterocycles. The maximum Gasteiger partial charge on any atom is 0.165 e. The summed E-state index contributed by atoms with van der Waals surface area (Å²) in [5.74, 6) is -1.21. The molecule has 0 fully saturated rings. The van der Waals surface area contributed by atoms with Crippen molar-refractivity contribution in [3.63, 3.8) is 0 Å². The third kappa shape index (κ3) is 3.26. The Balaban J connectivity index is 2.19. The van der Waals surface area contributed by atoms with Gasteiger partial charge in [0.25, 0.3) is 0 Å². The van der Waals surface area contributed by atoms with Gasteiger partial charge in [0, 0.05) is 22.7 Å². The molecule has 0 saturated heterocycles. The highest BCUT2D eigenvalue weighted by atomic mass is 35.5. The zero-order valence-corrected chi connectivity index (χ0v) is 11.7. The van der Waals surface area contributed by atoms with Gasteiger partial charge in [0.05, 0.1) is 0 Å². The van der Waals surface area contributed by atoms with E-state index in [9.17, 15) is 8.78 Å². The predicted molar refractivity (Wildman–Crippen MR) is 74.9 cm³/mol. The van der Waals surface area contributed by atoms with Crippen molar-refractivity contribution < 1.29 is 13.5 Å². The molecule has 0 spiro atoms. The van der Waals surface area contributed by atoms with Crippen molar-refractivity contribution in [2.24, 2.45) is 0 Å². The Morgan fingerprint density at radius 2 is 1.90 bits per heavy atom. The van der Waals surface area contributed by atoms with E-state index in [1.165, 1.54) is 12.1 Å². The van der Waals surface area contributed by atoms with Crippen LogP contribution in [0.5, 0.6) is 5.75 Å². The molecule has 0 amide bonds. The maximum absolute atomic E-state index is 13.5. The van der Waals surface area contributed by atoms with E-state index in [0.717, 1.165) is 11.6 Å². The summed E-state index contributed by atoms with van der Waals surface area (Å²) < 4.78 is 32.2. The summed E-state index contributed by atoms with van der Waals surface area (Å²) in [6.07, 6.45) is 0. The van der Waals surface area contributed by atoms with Crippen LogP contribution in [0.3, 0.4) is 0 Å². The number of ether oxygens (including phenoxy) is 1. The molecule has 20 heavy (non-hydrogen) atoms. The Bertz CT molecular complexity index is 604. The molecule has 1 N–H and O–H groups in total. The molecule has 2 aromatic rings. The van der Waals surface area contributed by atoms with Crippen LogP contribution in [-0.4, -0.2) is 7.05 Å². The molecule has 2 rings (SSSR count). The summed E-state index contributed by atoms with van der Waals surface area (Å²) >= 11 is 6.09. The average Bonchev–Trinajstić information content (AvgIpc) is 2.44. The minimum atomic E-state index is -0.885. The van der Waals surface area contributed by atoms with Gasteiger partial charge in [0.2, 0.25) is 0 Å². The zero-order valence-electron chi connectivity index (χ0n) is 10.9. The molecule has 0 heterocycles. The topological polar surface area (TPSA) is 21.3 Å². The fraction of sp³-hybridized carbons (Fsp3) is 0.200. The standard InChI is InChI=1S/C15H14ClF2NO/c1-19-8-11-12(16)5-3-7-14(11)20-9-10-4-2-6-13(17)15(10)18/h2-7,19H,8-9H2,1H3. The number of hydrogen-bond acceptors (Lipinski definition) is 2. The molecule has 5 heteroatoms. The van der Waals surface area contributed by atoms with Crippen LogP contribution in [-0.2, 0) is 13.2 Å². The highest BCUT2D eigenvalue weighted by molar-refractivity contribution is 6.31. The van der Waals surface area contributed by atoms with E-state index in [0.29, 0.717) is 17.3 Å². The van der Waals surface area contributed by atoms with Crippen LogP contribution in [0.2, 0.25) is 5.02 Å². The van der Waals surface area contributed by atoms with Crippen LogP contribution in [0.25, 0.3) is 0 Å². The molecule has 0 aliphatic carbocycles. The molecule has 0 bridgehead atoms. The van der Waals surface area contributed by atoms with Crippen LogP contribution >= 0.6 is 11.6 Å². The summed E-state index contributed by atoms with van der Waals surface area (Å²) in [5.41, 5.74) is 0.953. The van der Waals surface area contributed by atoms with Gasteiger partial charge < -0.3 is 10.1 Å². The first-order valence-corrected chi connectivity index (χ1v) is 6.49. The predicted octanol–water partition coefficient (Wildman–Crippen LogP) is 3.92. The Labute approximate surface area is 121 Å². The maximum atomic E-state index is 13.5. The monoisotopic (exact) mass is 297 g/mol. The first-order valence-electron chi connectivity index (χ1n) is 6.11. The molecule has 0 aliphatic heterocycles. The third-order valence-corrected chi connectivity index (χ3v) is 3.20. The second-order valence-corrected chi connectivity index (χ2v) is 4.66. The van der Waals surface area contributed by atoms with Crippen LogP contribution in [0.4, 0.5) is 8.78 Å². The van der Waals surface area contributed by atoms with Crippen molar-refractivity contribution in [1.29, 1.82) is 0 Å². The van der Waals surface area contributed by atoms with Crippen molar-refractivity contribution in [3.05, 3.63) is 64.2 Å². The van der Waals surface area contributed by atoms with E-state index in [1.54, 1.807) is 25.2 Å². The lowest BCUT2D eigenvalue weighted by molar-refractivity contribution is 0.293. The summed E-state index contributed by atoms with van der Waals surface area (Å²) in [6.45, 7) is 0.474. The van der Waals surface area contributed by atoms with E-state index in [-0.39, 0.29) is 12.2 Å². The fourth-order valence-corrected chi connectivity index (χ4v) is 2.07. The number of hydrogen-bond donors (Lipinski definition) is 1. The van der Waals surface area contributed by atoms with Crippen LogP contribution < -0.4 is 10.1 Å². The van der Waals surface area contributed by atoms with Gasteiger partial charge in [-0.2, -0.15) is 0 Å². The lowest BCUT2D eigenvalue weighted by Crippen LogP contribution is -2.09. The Morgan fingerprint density at radius 3 is 2.65 bits per heavy atom. The summed E-state index contributed by atoms with van der Waals surface area (Å²) in [7, 11) is 1.79. The molecule has 2 aromatic carbocycles. The average molecular weight is 298 g/mol. The van der Waals surface area contributed by atoms with Gasteiger partial charge in [0.1, 0.15) is 12.4 Å². The van der Waals surface area contributed by atoms with Crippen molar-refractivity contribution in [2.45, 2.75) is 13.2 Å². The minimum absolute atomic E-state index is 0.0549. The molecule has 0 aliphatic rings. The quantitative estimate of drug-likeness (QED) is 0.903. The summed E-state index contributed by atoms with van der Waals surface area (Å²) in [5, 5.41) is 3.55.